The Morgan fingerprint density at radius 3 is 2.65 bits per heavy atom. The molecule has 1 aliphatic heterocycles. The van der Waals surface area contributed by atoms with Gasteiger partial charge in [-0.25, -0.2) is 8.42 Å². The maximum Gasteiger partial charge on any atom is 0.271 e. The number of nitro groups is 1. The lowest BCUT2D eigenvalue weighted by Crippen LogP contribution is -2.45. The second kappa shape index (κ2) is 7.76. The van der Waals surface area contributed by atoms with E-state index >= 15 is 0 Å². The van der Waals surface area contributed by atoms with Gasteiger partial charge in [0.05, 0.1) is 9.95 Å². The van der Waals surface area contributed by atoms with Crippen molar-refractivity contribution in [3.05, 3.63) is 33.3 Å². The van der Waals surface area contributed by atoms with Crippen LogP contribution in [0.25, 0.3) is 0 Å². The second-order valence-electron chi connectivity index (χ2n) is 5.50. The van der Waals surface area contributed by atoms with Crippen molar-refractivity contribution in [2.45, 2.75) is 30.7 Å². The van der Waals surface area contributed by atoms with E-state index in [9.17, 15) is 18.5 Å². The van der Waals surface area contributed by atoms with Crippen LogP contribution in [-0.2, 0) is 10.0 Å². The van der Waals surface area contributed by atoms with Crippen LogP contribution < -0.4 is 5.73 Å². The summed E-state index contributed by atoms with van der Waals surface area (Å²) in [4.78, 5) is 9.98. The number of benzene rings is 1. The van der Waals surface area contributed by atoms with Crippen LogP contribution in [0.2, 0.25) is 5.02 Å². The fourth-order valence-corrected chi connectivity index (χ4v) is 4.62. The van der Waals surface area contributed by atoms with Gasteiger partial charge in [0.15, 0.2) is 0 Å². The first-order valence-electron chi connectivity index (χ1n) is 6.93. The summed E-state index contributed by atoms with van der Waals surface area (Å²) in [5.74, 6) is 0.0975. The van der Waals surface area contributed by atoms with E-state index in [2.05, 4.69) is 0 Å². The van der Waals surface area contributed by atoms with Crippen LogP contribution in [0, 0.1) is 16.0 Å². The van der Waals surface area contributed by atoms with E-state index in [1.807, 2.05) is 6.92 Å². The van der Waals surface area contributed by atoms with Gasteiger partial charge in [-0.05, 0) is 31.7 Å². The minimum atomic E-state index is -3.78. The van der Waals surface area contributed by atoms with Crippen molar-refractivity contribution < 1.29 is 13.3 Å². The third-order valence-corrected chi connectivity index (χ3v) is 6.26. The van der Waals surface area contributed by atoms with E-state index in [-0.39, 0.29) is 40.0 Å². The molecule has 1 fully saturated rings. The molecule has 2 rings (SSSR count). The number of nitrogens with two attached hydrogens (primary N) is 1. The fraction of sp³-hybridized carbons (Fsp3) is 0.538. The van der Waals surface area contributed by atoms with Crippen molar-refractivity contribution in [1.29, 1.82) is 0 Å². The number of hydrogen-bond donors (Lipinski definition) is 1. The average Bonchev–Trinajstić information content (AvgIpc) is 2.46. The molecule has 0 spiro atoms. The van der Waals surface area contributed by atoms with Gasteiger partial charge >= 0.3 is 0 Å². The maximum atomic E-state index is 12.7. The first-order chi connectivity index (χ1) is 10.2. The number of piperidine rings is 1. The molecular weight excluding hydrogens is 365 g/mol. The van der Waals surface area contributed by atoms with E-state index in [1.165, 1.54) is 10.4 Å². The quantitative estimate of drug-likeness (QED) is 0.634. The summed E-state index contributed by atoms with van der Waals surface area (Å²) in [6.45, 7) is 2.60. The molecule has 0 aromatic heterocycles. The Balaban J connectivity index is 0.00000264. The Morgan fingerprint density at radius 1 is 1.48 bits per heavy atom. The van der Waals surface area contributed by atoms with E-state index in [0.717, 1.165) is 25.0 Å². The first-order valence-corrected chi connectivity index (χ1v) is 8.75. The predicted molar refractivity (Wildman–Crippen MR) is 90.5 cm³/mol. The molecule has 130 valence electrons. The van der Waals surface area contributed by atoms with Crippen LogP contribution in [0.3, 0.4) is 0 Å². The maximum absolute atomic E-state index is 12.7. The number of sulfonamides is 1. The van der Waals surface area contributed by atoms with Crippen LogP contribution in [0.5, 0.6) is 0 Å². The van der Waals surface area contributed by atoms with Gasteiger partial charge in [-0.1, -0.05) is 11.6 Å². The zero-order valence-electron chi connectivity index (χ0n) is 12.5. The Labute approximate surface area is 146 Å². The molecule has 10 heteroatoms. The number of nitro benzene ring substituents is 1. The van der Waals surface area contributed by atoms with Gasteiger partial charge in [-0.2, -0.15) is 4.31 Å². The third kappa shape index (κ3) is 4.33. The van der Waals surface area contributed by atoms with Crippen LogP contribution >= 0.6 is 24.0 Å². The normalized spacial score (nSPS) is 20.6. The SMILES string of the molecule is CC(N)C1CCCN(S(=O)(=O)c2ccc([N+](=O)[O-])cc2Cl)C1.Cl. The van der Waals surface area contributed by atoms with Crippen LogP contribution in [0.4, 0.5) is 5.69 Å². The summed E-state index contributed by atoms with van der Waals surface area (Å²) in [5.41, 5.74) is 5.63. The average molecular weight is 384 g/mol. The molecule has 23 heavy (non-hydrogen) atoms. The van der Waals surface area contributed by atoms with Crippen LogP contribution in [0.1, 0.15) is 19.8 Å². The largest absolute Gasteiger partial charge is 0.328 e. The molecule has 0 bridgehead atoms. The standard InChI is InChI=1S/C13H18ClN3O4S.ClH/c1-9(15)10-3-2-6-16(8-10)22(20,21)13-5-4-11(17(18)19)7-12(13)14;/h4-5,7,9-10H,2-3,6,8,15H2,1H3;1H. The van der Waals surface area contributed by atoms with Gasteiger partial charge in [0.1, 0.15) is 4.90 Å². The molecule has 0 saturated carbocycles. The molecule has 1 aliphatic rings. The van der Waals surface area contributed by atoms with E-state index in [0.29, 0.717) is 13.1 Å². The number of nitrogens with zero attached hydrogens (tertiary/aromatic N) is 2. The van der Waals surface area contributed by atoms with Crippen LogP contribution in [0.15, 0.2) is 23.1 Å². The second-order valence-corrected chi connectivity index (χ2v) is 7.81. The molecule has 2 atom stereocenters. The molecule has 0 aliphatic carbocycles. The van der Waals surface area contributed by atoms with Gasteiger partial charge in [0, 0.05) is 31.3 Å². The summed E-state index contributed by atoms with van der Waals surface area (Å²) < 4.78 is 26.7. The lowest BCUT2D eigenvalue weighted by molar-refractivity contribution is -0.384. The van der Waals surface area contributed by atoms with Gasteiger partial charge in [0.2, 0.25) is 10.0 Å². The monoisotopic (exact) mass is 383 g/mol. The molecule has 2 N–H and O–H groups in total. The molecule has 2 unspecified atom stereocenters. The molecule has 0 amide bonds. The summed E-state index contributed by atoms with van der Waals surface area (Å²) in [5, 5.41) is 10.6. The van der Waals surface area contributed by atoms with Crippen molar-refractivity contribution in [2.75, 3.05) is 13.1 Å². The molecule has 1 aromatic carbocycles. The lowest BCUT2D eigenvalue weighted by atomic mass is 9.93. The molecule has 0 radical (unpaired) electrons. The van der Waals surface area contributed by atoms with E-state index < -0.39 is 14.9 Å². The van der Waals surface area contributed by atoms with E-state index in [1.54, 1.807) is 0 Å². The number of non-ortho nitro benzene ring substituents is 1. The van der Waals surface area contributed by atoms with Crippen molar-refractivity contribution >= 4 is 39.7 Å². The minimum absolute atomic E-state index is 0. The zero-order chi connectivity index (χ0) is 16.5. The molecule has 1 aromatic rings. The number of halogens is 2. The minimum Gasteiger partial charge on any atom is -0.328 e. The first kappa shape index (κ1) is 20.1. The molecule has 1 saturated heterocycles. The smallest absolute Gasteiger partial charge is 0.271 e. The van der Waals surface area contributed by atoms with Crippen molar-refractivity contribution in [2.24, 2.45) is 11.7 Å². The molecule has 1 heterocycles. The Bertz CT molecular complexity index is 682. The Morgan fingerprint density at radius 2 is 2.13 bits per heavy atom. The highest BCUT2D eigenvalue weighted by atomic mass is 35.5. The highest BCUT2D eigenvalue weighted by Crippen LogP contribution is 2.31. The van der Waals surface area contributed by atoms with Crippen molar-refractivity contribution in [3.63, 3.8) is 0 Å². The van der Waals surface area contributed by atoms with Gasteiger partial charge in [-0.3, -0.25) is 10.1 Å². The summed E-state index contributed by atoms with van der Waals surface area (Å²) in [6, 6.07) is 3.30. The van der Waals surface area contributed by atoms with Gasteiger partial charge in [-0.15, -0.1) is 12.4 Å². The Hall–Kier alpha value is -0.930. The zero-order valence-corrected chi connectivity index (χ0v) is 14.9. The van der Waals surface area contributed by atoms with Gasteiger partial charge in [0.25, 0.3) is 5.69 Å². The summed E-state index contributed by atoms with van der Waals surface area (Å²) in [6.07, 6.45) is 1.62. The Kier molecular flexibility index (Phi) is 6.79. The van der Waals surface area contributed by atoms with Gasteiger partial charge < -0.3 is 5.73 Å². The highest BCUT2D eigenvalue weighted by Gasteiger charge is 2.33. The summed E-state index contributed by atoms with van der Waals surface area (Å²) in [7, 11) is -3.78. The van der Waals surface area contributed by atoms with Crippen molar-refractivity contribution in [3.8, 4) is 0 Å². The molecule has 7 nitrogen and oxygen atoms in total. The topological polar surface area (TPSA) is 107 Å². The van der Waals surface area contributed by atoms with Crippen molar-refractivity contribution in [1.82, 2.24) is 4.31 Å². The van der Waals surface area contributed by atoms with Crippen LogP contribution in [-0.4, -0.2) is 36.8 Å². The summed E-state index contributed by atoms with van der Waals surface area (Å²) >= 11 is 5.94. The fourth-order valence-electron chi connectivity index (χ4n) is 2.57. The number of rotatable bonds is 4. The molecular formula is C13H19Cl2N3O4S. The highest BCUT2D eigenvalue weighted by molar-refractivity contribution is 7.89. The lowest BCUT2D eigenvalue weighted by Gasteiger charge is -2.33. The van der Waals surface area contributed by atoms with E-state index in [4.69, 9.17) is 17.3 Å². The third-order valence-electron chi connectivity index (χ3n) is 3.91. The predicted octanol–water partition coefficient (Wildman–Crippen LogP) is 2.42. The number of hydrogen-bond acceptors (Lipinski definition) is 5.